The molecule has 21 heavy (non-hydrogen) atoms. The largest absolute Gasteiger partial charge is 0.489 e. The second-order valence-electron chi connectivity index (χ2n) is 5.03. The summed E-state index contributed by atoms with van der Waals surface area (Å²) in [5, 5.41) is 9.34. The fourth-order valence-corrected chi connectivity index (χ4v) is 2.22. The van der Waals surface area contributed by atoms with E-state index in [2.05, 4.69) is 6.07 Å². The van der Waals surface area contributed by atoms with Crippen molar-refractivity contribution in [2.75, 3.05) is 0 Å². The van der Waals surface area contributed by atoms with Crippen molar-refractivity contribution >= 4 is 11.6 Å². The van der Waals surface area contributed by atoms with Crippen molar-refractivity contribution in [2.24, 2.45) is 5.73 Å². The third-order valence-corrected chi connectivity index (χ3v) is 3.41. The SMILES string of the molecule is CC(N)Cc1ccc(OCc2ccc(C#N)cc2Cl)cc1. The minimum Gasteiger partial charge on any atom is -0.489 e. The van der Waals surface area contributed by atoms with Gasteiger partial charge in [-0.05, 0) is 43.2 Å². The Balaban J connectivity index is 1.98. The first kappa shape index (κ1) is 15.4. The molecule has 4 heteroatoms. The van der Waals surface area contributed by atoms with Crippen LogP contribution < -0.4 is 10.5 Å². The zero-order valence-corrected chi connectivity index (χ0v) is 12.6. The van der Waals surface area contributed by atoms with Gasteiger partial charge < -0.3 is 10.5 Å². The van der Waals surface area contributed by atoms with Gasteiger partial charge in [-0.3, -0.25) is 0 Å². The van der Waals surface area contributed by atoms with Crippen LogP contribution in [0, 0.1) is 11.3 Å². The topological polar surface area (TPSA) is 59.0 Å². The van der Waals surface area contributed by atoms with Gasteiger partial charge in [0.2, 0.25) is 0 Å². The van der Waals surface area contributed by atoms with Crippen molar-refractivity contribution in [3.63, 3.8) is 0 Å². The first-order valence-corrected chi connectivity index (χ1v) is 7.12. The number of halogens is 1. The third-order valence-electron chi connectivity index (χ3n) is 3.06. The number of hydrogen-bond acceptors (Lipinski definition) is 3. The molecular weight excluding hydrogens is 284 g/mol. The van der Waals surface area contributed by atoms with Gasteiger partial charge in [0.1, 0.15) is 12.4 Å². The van der Waals surface area contributed by atoms with E-state index in [1.807, 2.05) is 37.3 Å². The quantitative estimate of drug-likeness (QED) is 0.916. The van der Waals surface area contributed by atoms with Crippen LogP contribution in [0.2, 0.25) is 5.02 Å². The van der Waals surface area contributed by atoms with E-state index in [0.717, 1.165) is 17.7 Å². The Labute approximate surface area is 129 Å². The summed E-state index contributed by atoms with van der Waals surface area (Å²) < 4.78 is 5.71. The second kappa shape index (κ2) is 7.12. The highest BCUT2D eigenvalue weighted by atomic mass is 35.5. The van der Waals surface area contributed by atoms with Crippen molar-refractivity contribution in [1.29, 1.82) is 5.26 Å². The summed E-state index contributed by atoms with van der Waals surface area (Å²) >= 11 is 6.11. The Morgan fingerprint density at radius 2 is 1.95 bits per heavy atom. The van der Waals surface area contributed by atoms with Crippen LogP contribution in [0.5, 0.6) is 5.75 Å². The van der Waals surface area contributed by atoms with Crippen LogP contribution >= 0.6 is 11.6 Å². The molecule has 0 fully saturated rings. The normalized spacial score (nSPS) is 11.7. The van der Waals surface area contributed by atoms with Gasteiger partial charge in [0, 0.05) is 16.6 Å². The van der Waals surface area contributed by atoms with Crippen LogP contribution in [-0.4, -0.2) is 6.04 Å². The predicted molar refractivity (Wildman–Crippen MR) is 84.3 cm³/mol. The first-order chi connectivity index (χ1) is 10.1. The molecule has 2 N–H and O–H groups in total. The summed E-state index contributed by atoms with van der Waals surface area (Å²) in [6.45, 7) is 2.36. The van der Waals surface area contributed by atoms with Gasteiger partial charge in [0.15, 0.2) is 0 Å². The van der Waals surface area contributed by atoms with Crippen LogP contribution in [-0.2, 0) is 13.0 Å². The van der Waals surface area contributed by atoms with E-state index >= 15 is 0 Å². The number of nitriles is 1. The number of benzene rings is 2. The molecule has 2 rings (SSSR count). The lowest BCUT2D eigenvalue weighted by atomic mass is 10.1. The Morgan fingerprint density at radius 1 is 1.24 bits per heavy atom. The molecule has 2 aromatic carbocycles. The summed E-state index contributed by atoms with van der Waals surface area (Å²) in [6.07, 6.45) is 0.849. The molecule has 0 saturated carbocycles. The molecule has 0 aliphatic carbocycles. The molecule has 0 bridgehead atoms. The zero-order chi connectivity index (χ0) is 15.2. The Bertz CT molecular complexity index is 645. The summed E-state index contributed by atoms with van der Waals surface area (Å²) in [5.41, 5.74) is 8.36. The number of nitrogens with two attached hydrogens (primary N) is 1. The fraction of sp³-hybridized carbons (Fsp3) is 0.235. The molecular formula is C17H17ClN2O. The van der Waals surface area contributed by atoms with Gasteiger partial charge in [0.05, 0.1) is 11.6 Å². The highest BCUT2D eigenvalue weighted by Crippen LogP contribution is 2.20. The molecule has 0 aromatic heterocycles. The Morgan fingerprint density at radius 3 is 2.52 bits per heavy atom. The maximum Gasteiger partial charge on any atom is 0.119 e. The van der Waals surface area contributed by atoms with Crippen LogP contribution in [0.1, 0.15) is 23.6 Å². The average Bonchev–Trinajstić information content (AvgIpc) is 2.47. The van der Waals surface area contributed by atoms with E-state index in [1.165, 1.54) is 5.56 Å². The Hall–Kier alpha value is -2.02. The van der Waals surface area contributed by atoms with Gasteiger partial charge in [-0.2, -0.15) is 5.26 Å². The number of ether oxygens (including phenoxy) is 1. The average molecular weight is 301 g/mol. The first-order valence-electron chi connectivity index (χ1n) is 6.74. The van der Waals surface area contributed by atoms with E-state index < -0.39 is 0 Å². The number of rotatable bonds is 5. The molecule has 0 radical (unpaired) electrons. The summed E-state index contributed by atoms with van der Waals surface area (Å²) in [4.78, 5) is 0. The maximum absolute atomic E-state index is 8.80. The van der Waals surface area contributed by atoms with E-state index in [1.54, 1.807) is 12.1 Å². The zero-order valence-electron chi connectivity index (χ0n) is 11.8. The van der Waals surface area contributed by atoms with Crippen molar-refractivity contribution < 1.29 is 4.74 Å². The van der Waals surface area contributed by atoms with Gasteiger partial charge >= 0.3 is 0 Å². The van der Waals surface area contributed by atoms with Crippen LogP contribution in [0.3, 0.4) is 0 Å². The molecule has 1 unspecified atom stereocenters. The van der Waals surface area contributed by atoms with Gasteiger partial charge in [0.25, 0.3) is 0 Å². The summed E-state index contributed by atoms with van der Waals surface area (Å²) in [5.74, 6) is 0.781. The lowest BCUT2D eigenvalue weighted by Gasteiger charge is -2.09. The van der Waals surface area contributed by atoms with Gasteiger partial charge in [-0.1, -0.05) is 29.8 Å². The fourth-order valence-electron chi connectivity index (χ4n) is 1.99. The third kappa shape index (κ3) is 4.49. The summed E-state index contributed by atoms with van der Waals surface area (Å²) in [7, 11) is 0. The van der Waals surface area contributed by atoms with Crippen LogP contribution in [0.25, 0.3) is 0 Å². The lowest BCUT2D eigenvalue weighted by molar-refractivity contribution is 0.306. The molecule has 1 atom stereocenters. The highest BCUT2D eigenvalue weighted by Gasteiger charge is 2.04. The number of hydrogen-bond donors (Lipinski definition) is 1. The highest BCUT2D eigenvalue weighted by molar-refractivity contribution is 6.31. The number of nitrogens with zero attached hydrogens (tertiary/aromatic N) is 1. The standard InChI is InChI=1S/C17H17ClN2O/c1-12(20)8-13-3-6-16(7-4-13)21-11-15-5-2-14(10-19)9-17(15)18/h2-7,9,12H,8,11,20H2,1H3. The molecule has 0 saturated heterocycles. The minimum absolute atomic E-state index is 0.147. The smallest absolute Gasteiger partial charge is 0.119 e. The molecule has 0 heterocycles. The predicted octanol–water partition coefficient (Wildman–Crippen LogP) is 3.68. The molecule has 3 nitrogen and oxygen atoms in total. The van der Waals surface area contributed by atoms with E-state index in [4.69, 9.17) is 27.3 Å². The van der Waals surface area contributed by atoms with Gasteiger partial charge in [-0.15, -0.1) is 0 Å². The van der Waals surface area contributed by atoms with E-state index in [-0.39, 0.29) is 6.04 Å². The molecule has 108 valence electrons. The minimum atomic E-state index is 0.147. The van der Waals surface area contributed by atoms with Crippen molar-refractivity contribution in [2.45, 2.75) is 26.0 Å². The molecule has 0 amide bonds. The lowest BCUT2D eigenvalue weighted by Crippen LogP contribution is -2.17. The molecule has 2 aromatic rings. The van der Waals surface area contributed by atoms with E-state index in [9.17, 15) is 0 Å². The Kier molecular flexibility index (Phi) is 5.21. The van der Waals surface area contributed by atoms with Crippen molar-refractivity contribution in [3.05, 3.63) is 64.2 Å². The monoisotopic (exact) mass is 300 g/mol. The molecule has 0 aliphatic heterocycles. The van der Waals surface area contributed by atoms with Crippen LogP contribution in [0.4, 0.5) is 0 Å². The molecule has 0 spiro atoms. The summed E-state index contributed by atoms with van der Waals surface area (Å²) in [6, 6.07) is 15.3. The van der Waals surface area contributed by atoms with Crippen LogP contribution in [0.15, 0.2) is 42.5 Å². The maximum atomic E-state index is 8.80. The van der Waals surface area contributed by atoms with E-state index in [0.29, 0.717) is 17.2 Å². The molecule has 0 aliphatic rings. The van der Waals surface area contributed by atoms with Crippen molar-refractivity contribution in [3.8, 4) is 11.8 Å². The second-order valence-corrected chi connectivity index (χ2v) is 5.44. The van der Waals surface area contributed by atoms with Crippen molar-refractivity contribution in [1.82, 2.24) is 0 Å². The van der Waals surface area contributed by atoms with Gasteiger partial charge in [-0.25, -0.2) is 0 Å².